The molecule has 4 rings (SSSR count). The molecule has 2 aromatic carbocycles. The van der Waals surface area contributed by atoms with E-state index in [9.17, 15) is 0 Å². The van der Waals surface area contributed by atoms with Crippen LogP contribution < -0.4 is 9.47 Å². The average Bonchev–Trinajstić information content (AvgIpc) is 3.17. The molecule has 0 amide bonds. The molecule has 0 unspecified atom stereocenters. The first-order valence-corrected chi connectivity index (χ1v) is 10.8. The molecule has 1 aliphatic rings. The van der Waals surface area contributed by atoms with Crippen molar-refractivity contribution in [3.63, 3.8) is 0 Å². The van der Waals surface area contributed by atoms with Crippen LogP contribution in [0.4, 0.5) is 0 Å². The Morgan fingerprint density at radius 1 is 0.903 bits per heavy atom. The Morgan fingerprint density at radius 2 is 1.61 bits per heavy atom. The van der Waals surface area contributed by atoms with Crippen molar-refractivity contribution in [3.05, 3.63) is 60.3 Å². The number of para-hydroxylation sites is 2. The summed E-state index contributed by atoms with van der Waals surface area (Å²) in [5.74, 6) is 1.91. The molecule has 1 aliphatic heterocycles. The Hall–Kier alpha value is -2.79. The normalized spacial score (nSPS) is 18.0. The van der Waals surface area contributed by atoms with Gasteiger partial charge in [0.05, 0.1) is 36.8 Å². The van der Waals surface area contributed by atoms with Crippen LogP contribution in [0.2, 0.25) is 0 Å². The minimum atomic E-state index is -0.198. The first-order chi connectivity index (χ1) is 14.7. The van der Waals surface area contributed by atoms with Gasteiger partial charge in [0.1, 0.15) is 17.2 Å². The molecule has 5 nitrogen and oxygen atoms in total. The zero-order chi connectivity index (χ0) is 22.2. The fourth-order valence-electron chi connectivity index (χ4n) is 4.87. The highest BCUT2D eigenvalue weighted by atomic mass is 16.5. The summed E-state index contributed by atoms with van der Waals surface area (Å²) in [6.45, 7) is 8.67. The van der Waals surface area contributed by atoms with Gasteiger partial charge >= 0.3 is 0 Å². The van der Waals surface area contributed by atoms with E-state index in [1.54, 1.807) is 14.2 Å². The molecule has 1 aromatic heterocycles. The highest BCUT2D eigenvalue weighted by Gasteiger charge is 2.41. The number of hydrogen-bond donors (Lipinski definition) is 0. The van der Waals surface area contributed by atoms with Crippen molar-refractivity contribution in [1.29, 1.82) is 0 Å². The largest absolute Gasteiger partial charge is 0.497 e. The zero-order valence-corrected chi connectivity index (χ0v) is 19.3. The average molecular weight is 421 g/mol. The Bertz CT molecular complexity index is 1050. The Kier molecular flexibility index (Phi) is 5.56. The van der Waals surface area contributed by atoms with Crippen LogP contribution in [-0.4, -0.2) is 35.2 Å². The van der Waals surface area contributed by atoms with E-state index in [1.165, 1.54) is 0 Å². The molecule has 164 valence electrons. The Labute approximate surface area is 185 Å². The third kappa shape index (κ3) is 4.47. The van der Waals surface area contributed by atoms with Gasteiger partial charge in [0.2, 0.25) is 0 Å². The molecule has 2 heterocycles. The van der Waals surface area contributed by atoms with E-state index in [-0.39, 0.29) is 11.2 Å². The summed E-state index contributed by atoms with van der Waals surface area (Å²) < 4.78 is 19.4. The molecule has 1 fully saturated rings. The lowest BCUT2D eigenvalue weighted by molar-refractivity contribution is -0.162. The van der Waals surface area contributed by atoms with Gasteiger partial charge in [0.15, 0.2) is 0 Å². The SMILES string of the molecule is COc1cccc(-c2cc(C3CC(C)(C)OC(C)(C)C3)nn2-c2ccccc2OC)c1. The number of nitrogens with zero attached hydrogens (tertiary/aromatic N) is 2. The fourth-order valence-corrected chi connectivity index (χ4v) is 4.87. The predicted molar refractivity (Wildman–Crippen MR) is 123 cm³/mol. The van der Waals surface area contributed by atoms with Crippen molar-refractivity contribution in [3.8, 4) is 28.4 Å². The summed E-state index contributed by atoms with van der Waals surface area (Å²) in [6.07, 6.45) is 1.85. The van der Waals surface area contributed by atoms with Gasteiger partial charge < -0.3 is 14.2 Å². The molecule has 0 atom stereocenters. The topological polar surface area (TPSA) is 45.5 Å². The summed E-state index contributed by atoms with van der Waals surface area (Å²) in [5.41, 5.74) is 3.66. The molecule has 1 saturated heterocycles. The van der Waals surface area contributed by atoms with E-state index in [0.29, 0.717) is 5.92 Å². The van der Waals surface area contributed by atoms with Crippen molar-refractivity contribution in [2.75, 3.05) is 14.2 Å². The van der Waals surface area contributed by atoms with Crippen LogP contribution in [0, 0.1) is 0 Å². The molecule has 3 aromatic rings. The number of aromatic nitrogens is 2. The highest BCUT2D eigenvalue weighted by molar-refractivity contribution is 5.66. The minimum absolute atomic E-state index is 0.198. The van der Waals surface area contributed by atoms with Gasteiger partial charge in [-0.25, -0.2) is 4.68 Å². The van der Waals surface area contributed by atoms with E-state index >= 15 is 0 Å². The maximum atomic E-state index is 6.31. The second-order valence-electron chi connectivity index (χ2n) is 9.50. The second-order valence-corrected chi connectivity index (χ2v) is 9.50. The maximum absolute atomic E-state index is 6.31. The third-order valence-electron chi connectivity index (χ3n) is 5.85. The number of ether oxygens (including phenoxy) is 3. The van der Waals surface area contributed by atoms with Gasteiger partial charge in [-0.1, -0.05) is 24.3 Å². The van der Waals surface area contributed by atoms with Crippen LogP contribution >= 0.6 is 0 Å². The molecule has 0 spiro atoms. The van der Waals surface area contributed by atoms with Crippen molar-refractivity contribution in [2.24, 2.45) is 0 Å². The Balaban J connectivity index is 1.86. The molecule has 0 bridgehead atoms. The molecule has 0 aliphatic carbocycles. The highest BCUT2D eigenvalue weighted by Crippen LogP contribution is 2.44. The second kappa shape index (κ2) is 8.04. The zero-order valence-electron chi connectivity index (χ0n) is 19.3. The van der Waals surface area contributed by atoms with Gasteiger partial charge in [0.25, 0.3) is 0 Å². The summed E-state index contributed by atoms with van der Waals surface area (Å²) in [4.78, 5) is 0. The van der Waals surface area contributed by atoms with E-state index in [4.69, 9.17) is 19.3 Å². The summed E-state index contributed by atoms with van der Waals surface area (Å²) in [7, 11) is 3.38. The first-order valence-electron chi connectivity index (χ1n) is 10.8. The lowest BCUT2D eigenvalue weighted by Gasteiger charge is -2.45. The molecule has 0 saturated carbocycles. The van der Waals surface area contributed by atoms with Gasteiger partial charge in [-0.2, -0.15) is 5.10 Å². The molecule has 0 N–H and O–H groups in total. The first kappa shape index (κ1) is 21.4. The van der Waals surface area contributed by atoms with Gasteiger partial charge in [0, 0.05) is 11.5 Å². The quantitative estimate of drug-likeness (QED) is 0.507. The van der Waals surface area contributed by atoms with Crippen molar-refractivity contribution < 1.29 is 14.2 Å². The van der Waals surface area contributed by atoms with E-state index in [2.05, 4.69) is 39.8 Å². The van der Waals surface area contributed by atoms with E-state index < -0.39 is 0 Å². The van der Waals surface area contributed by atoms with Crippen LogP contribution in [0.1, 0.15) is 52.1 Å². The fraction of sp³-hybridized carbons (Fsp3) is 0.423. The van der Waals surface area contributed by atoms with E-state index in [0.717, 1.165) is 47.0 Å². The molecule has 0 radical (unpaired) electrons. The van der Waals surface area contributed by atoms with Crippen molar-refractivity contribution >= 4 is 0 Å². The molecular weight excluding hydrogens is 388 g/mol. The van der Waals surface area contributed by atoms with Crippen molar-refractivity contribution in [1.82, 2.24) is 9.78 Å². The third-order valence-corrected chi connectivity index (χ3v) is 5.85. The standard InChI is InChI=1S/C26H32N2O3/c1-25(2)16-19(17-26(3,4)31-25)21-15-23(18-10-9-11-20(14-18)29-5)28(27-21)22-12-7-8-13-24(22)30-6/h7-15,19H,16-17H2,1-6H3. The Morgan fingerprint density at radius 3 is 2.29 bits per heavy atom. The summed E-state index contributed by atoms with van der Waals surface area (Å²) in [6, 6.07) is 18.3. The van der Waals surface area contributed by atoms with Crippen molar-refractivity contribution in [2.45, 2.75) is 57.7 Å². The molecule has 31 heavy (non-hydrogen) atoms. The summed E-state index contributed by atoms with van der Waals surface area (Å²) >= 11 is 0. The minimum Gasteiger partial charge on any atom is -0.497 e. The van der Waals surface area contributed by atoms with Crippen LogP contribution in [0.3, 0.4) is 0 Å². The van der Waals surface area contributed by atoms with Crippen LogP contribution in [0.25, 0.3) is 16.9 Å². The maximum Gasteiger partial charge on any atom is 0.144 e. The lowest BCUT2D eigenvalue weighted by Crippen LogP contribution is -2.44. The number of methoxy groups -OCH3 is 2. The predicted octanol–water partition coefficient (Wildman–Crippen LogP) is 6.01. The lowest BCUT2D eigenvalue weighted by atomic mass is 9.79. The summed E-state index contributed by atoms with van der Waals surface area (Å²) in [5, 5.41) is 5.12. The van der Waals surface area contributed by atoms with Crippen LogP contribution in [0.15, 0.2) is 54.6 Å². The molecule has 5 heteroatoms. The van der Waals surface area contributed by atoms with E-state index in [1.807, 2.05) is 47.1 Å². The smallest absolute Gasteiger partial charge is 0.144 e. The number of hydrogen-bond acceptors (Lipinski definition) is 4. The van der Waals surface area contributed by atoms with Gasteiger partial charge in [-0.15, -0.1) is 0 Å². The van der Waals surface area contributed by atoms with Crippen LogP contribution in [-0.2, 0) is 4.74 Å². The van der Waals surface area contributed by atoms with Gasteiger partial charge in [-0.3, -0.25) is 0 Å². The molecular formula is C26H32N2O3. The number of benzene rings is 2. The van der Waals surface area contributed by atoms with Crippen LogP contribution in [0.5, 0.6) is 11.5 Å². The van der Waals surface area contributed by atoms with Gasteiger partial charge in [-0.05, 0) is 70.9 Å². The monoisotopic (exact) mass is 420 g/mol. The number of rotatable bonds is 5.